The van der Waals surface area contributed by atoms with Crippen molar-refractivity contribution in [2.75, 3.05) is 11.4 Å². The standard InChI is InChI=1S/C13H9ClFNO3/c1-2-7-3-11(17)16(6-7)12-9(13(18)19)4-8(15)5-10(12)14/h1,4-5,7H,3,6H2,(H,18,19). The number of carboxylic acids is 1. The van der Waals surface area contributed by atoms with E-state index in [9.17, 15) is 14.0 Å². The summed E-state index contributed by atoms with van der Waals surface area (Å²) in [5.41, 5.74) is -0.352. The third-order valence-corrected chi connectivity index (χ3v) is 3.18. The Labute approximate surface area is 113 Å². The quantitative estimate of drug-likeness (QED) is 0.845. The number of rotatable bonds is 2. The number of hydrogen-bond donors (Lipinski definition) is 1. The van der Waals surface area contributed by atoms with Crippen molar-refractivity contribution in [2.24, 2.45) is 5.92 Å². The van der Waals surface area contributed by atoms with Gasteiger partial charge in [-0.3, -0.25) is 4.79 Å². The lowest BCUT2D eigenvalue weighted by Crippen LogP contribution is -2.27. The molecule has 1 unspecified atom stereocenters. The summed E-state index contributed by atoms with van der Waals surface area (Å²) in [6.07, 6.45) is 5.39. The molecule has 1 N–H and O–H groups in total. The smallest absolute Gasteiger partial charge is 0.337 e. The van der Waals surface area contributed by atoms with E-state index in [0.29, 0.717) is 0 Å². The van der Waals surface area contributed by atoms with E-state index in [1.54, 1.807) is 0 Å². The van der Waals surface area contributed by atoms with Gasteiger partial charge in [-0.25, -0.2) is 9.18 Å². The molecular formula is C13H9ClFNO3. The molecule has 1 aromatic rings. The van der Waals surface area contributed by atoms with Gasteiger partial charge in [0, 0.05) is 18.9 Å². The number of hydrogen-bond acceptors (Lipinski definition) is 2. The summed E-state index contributed by atoms with van der Waals surface area (Å²) >= 11 is 5.87. The van der Waals surface area contributed by atoms with Crippen molar-refractivity contribution < 1.29 is 19.1 Å². The van der Waals surface area contributed by atoms with Gasteiger partial charge < -0.3 is 10.0 Å². The van der Waals surface area contributed by atoms with Gasteiger partial charge in [0.1, 0.15) is 5.82 Å². The van der Waals surface area contributed by atoms with Gasteiger partial charge >= 0.3 is 5.97 Å². The van der Waals surface area contributed by atoms with Gasteiger partial charge in [-0.1, -0.05) is 11.6 Å². The molecule has 1 heterocycles. The highest BCUT2D eigenvalue weighted by molar-refractivity contribution is 6.34. The zero-order valence-corrected chi connectivity index (χ0v) is 10.4. The normalized spacial score (nSPS) is 18.5. The van der Waals surface area contributed by atoms with Crippen LogP contribution < -0.4 is 4.90 Å². The van der Waals surface area contributed by atoms with Gasteiger partial charge in [-0.2, -0.15) is 0 Å². The Bertz CT molecular complexity index is 609. The summed E-state index contributed by atoms with van der Waals surface area (Å²) in [6.45, 7) is 0.182. The topological polar surface area (TPSA) is 57.6 Å². The summed E-state index contributed by atoms with van der Waals surface area (Å²) in [7, 11) is 0. The second-order valence-corrected chi connectivity index (χ2v) is 4.57. The molecule has 2 rings (SSSR count). The molecule has 1 aliphatic rings. The minimum Gasteiger partial charge on any atom is -0.478 e. The Morgan fingerprint density at radius 3 is 2.79 bits per heavy atom. The van der Waals surface area contributed by atoms with E-state index >= 15 is 0 Å². The van der Waals surface area contributed by atoms with E-state index < -0.39 is 11.8 Å². The summed E-state index contributed by atoms with van der Waals surface area (Å²) in [5, 5.41) is 8.96. The zero-order chi connectivity index (χ0) is 14.2. The number of terminal acetylenes is 1. The first-order chi connectivity index (χ1) is 8.93. The second-order valence-electron chi connectivity index (χ2n) is 4.16. The highest BCUT2D eigenvalue weighted by Gasteiger charge is 2.33. The van der Waals surface area contributed by atoms with Crippen molar-refractivity contribution in [3.63, 3.8) is 0 Å². The molecule has 6 heteroatoms. The van der Waals surface area contributed by atoms with Gasteiger partial charge in [0.25, 0.3) is 0 Å². The molecule has 1 saturated heterocycles. The van der Waals surface area contributed by atoms with Crippen molar-refractivity contribution in [3.05, 3.63) is 28.5 Å². The van der Waals surface area contributed by atoms with Crippen LogP contribution in [0.25, 0.3) is 0 Å². The van der Waals surface area contributed by atoms with Crippen LogP contribution in [0.1, 0.15) is 16.8 Å². The number of aromatic carboxylic acids is 1. The summed E-state index contributed by atoms with van der Waals surface area (Å²) in [6, 6.07) is 1.81. The molecular weight excluding hydrogens is 273 g/mol. The predicted molar refractivity (Wildman–Crippen MR) is 67.7 cm³/mol. The summed E-state index contributed by atoms with van der Waals surface area (Å²) in [4.78, 5) is 24.2. The van der Waals surface area contributed by atoms with Crippen LogP contribution in [-0.2, 0) is 4.79 Å². The number of carboxylic acid groups (broad SMARTS) is 1. The van der Waals surface area contributed by atoms with Gasteiger partial charge in [-0.05, 0) is 12.1 Å². The Hall–Kier alpha value is -2.06. The maximum absolute atomic E-state index is 13.2. The van der Waals surface area contributed by atoms with Gasteiger partial charge in [0.2, 0.25) is 5.91 Å². The summed E-state index contributed by atoms with van der Waals surface area (Å²) < 4.78 is 13.2. The molecule has 0 radical (unpaired) electrons. The van der Waals surface area contributed by atoms with Crippen LogP contribution >= 0.6 is 11.6 Å². The van der Waals surface area contributed by atoms with E-state index in [0.717, 1.165) is 12.1 Å². The van der Waals surface area contributed by atoms with Crippen LogP contribution in [0, 0.1) is 24.1 Å². The van der Waals surface area contributed by atoms with Gasteiger partial charge in [-0.15, -0.1) is 12.3 Å². The van der Waals surface area contributed by atoms with E-state index in [2.05, 4.69) is 5.92 Å². The van der Waals surface area contributed by atoms with Gasteiger partial charge in [0.05, 0.1) is 16.3 Å². The number of amides is 1. The van der Waals surface area contributed by atoms with Crippen molar-refractivity contribution in [1.29, 1.82) is 0 Å². The van der Waals surface area contributed by atoms with E-state index in [1.807, 2.05) is 0 Å². The Morgan fingerprint density at radius 2 is 2.26 bits per heavy atom. The van der Waals surface area contributed by atoms with Crippen LogP contribution in [0.2, 0.25) is 5.02 Å². The molecule has 4 nitrogen and oxygen atoms in total. The van der Waals surface area contributed by atoms with Crippen molar-refractivity contribution in [2.45, 2.75) is 6.42 Å². The third kappa shape index (κ3) is 2.40. The fourth-order valence-corrected chi connectivity index (χ4v) is 2.35. The predicted octanol–water partition coefficient (Wildman–Crippen LogP) is 2.16. The first-order valence-corrected chi connectivity index (χ1v) is 5.80. The first-order valence-electron chi connectivity index (χ1n) is 5.43. The molecule has 1 amide bonds. The number of benzene rings is 1. The van der Waals surface area contributed by atoms with Crippen molar-refractivity contribution in [3.8, 4) is 12.3 Å². The molecule has 1 aliphatic heterocycles. The average molecular weight is 282 g/mol. The SMILES string of the molecule is C#CC1CC(=O)N(c2c(Cl)cc(F)cc2C(=O)O)C1. The van der Waals surface area contributed by atoms with E-state index in [-0.39, 0.29) is 41.1 Å². The molecule has 0 spiro atoms. The third-order valence-electron chi connectivity index (χ3n) is 2.89. The largest absolute Gasteiger partial charge is 0.478 e. The molecule has 0 aromatic heterocycles. The van der Waals surface area contributed by atoms with Gasteiger partial charge in [0.15, 0.2) is 0 Å². The number of anilines is 1. The first kappa shape index (κ1) is 13.4. The lowest BCUT2D eigenvalue weighted by Gasteiger charge is -2.20. The highest BCUT2D eigenvalue weighted by atomic mass is 35.5. The molecule has 1 atom stereocenters. The fraction of sp³-hybridized carbons (Fsp3) is 0.231. The minimum atomic E-state index is -1.35. The maximum atomic E-state index is 13.2. The monoisotopic (exact) mass is 281 g/mol. The molecule has 19 heavy (non-hydrogen) atoms. The van der Waals surface area contributed by atoms with Crippen molar-refractivity contribution in [1.82, 2.24) is 0 Å². The Kier molecular flexibility index (Phi) is 3.45. The Morgan fingerprint density at radius 1 is 1.58 bits per heavy atom. The summed E-state index contributed by atoms with van der Waals surface area (Å²) in [5.74, 6) is -0.295. The van der Waals surface area contributed by atoms with Crippen LogP contribution in [0.3, 0.4) is 0 Å². The lowest BCUT2D eigenvalue weighted by molar-refractivity contribution is -0.117. The molecule has 1 fully saturated rings. The molecule has 0 saturated carbocycles. The van der Waals surface area contributed by atoms with Crippen LogP contribution in [0.5, 0.6) is 0 Å². The minimum absolute atomic E-state index is 0.00156. The highest BCUT2D eigenvalue weighted by Crippen LogP contribution is 2.35. The van der Waals surface area contributed by atoms with E-state index in [1.165, 1.54) is 4.90 Å². The number of nitrogens with zero attached hydrogens (tertiary/aromatic N) is 1. The maximum Gasteiger partial charge on any atom is 0.337 e. The molecule has 98 valence electrons. The average Bonchev–Trinajstić information content (AvgIpc) is 2.69. The molecule has 1 aromatic carbocycles. The van der Waals surface area contributed by atoms with Crippen LogP contribution in [-0.4, -0.2) is 23.5 Å². The van der Waals surface area contributed by atoms with E-state index in [4.69, 9.17) is 23.1 Å². The van der Waals surface area contributed by atoms with Crippen molar-refractivity contribution >= 4 is 29.2 Å². The molecule has 0 aliphatic carbocycles. The van der Waals surface area contributed by atoms with Crippen LogP contribution in [0.4, 0.5) is 10.1 Å². The number of carbonyl (C=O) groups excluding carboxylic acids is 1. The number of halogens is 2. The fourth-order valence-electron chi connectivity index (χ4n) is 2.04. The lowest BCUT2D eigenvalue weighted by atomic mass is 10.1. The number of carbonyl (C=O) groups is 2. The Balaban J connectivity index is 2.54. The molecule has 0 bridgehead atoms. The second kappa shape index (κ2) is 4.90. The van der Waals surface area contributed by atoms with Crippen LogP contribution in [0.15, 0.2) is 12.1 Å². The zero-order valence-electron chi connectivity index (χ0n) is 9.69.